The van der Waals surface area contributed by atoms with E-state index in [-0.39, 0.29) is 24.6 Å². The Morgan fingerprint density at radius 1 is 0.933 bits per heavy atom. The molecule has 0 aromatic heterocycles. The molecule has 1 saturated heterocycles. The third kappa shape index (κ3) is 5.83. The fourth-order valence-electron chi connectivity index (χ4n) is 3.33. The van der Waals surface area contributed by atoms with Gasteiger partial charge in [0.1, 0.15) is 0 Å². The number of likely N-dealkylation sites (tertiary alicyclic amines) is 1. The van der Waals surface area contributed by atoms with Crippen molar-refractivity contribution < 1.29 is 23.9 Å². The van der Waals surface area contributed by atoms with Crippen molar-refractivity contribution in [1.29, 1.82) is 0 Å². The molecule has 3 rings (SSSR count). The van der Waals surface area contributed by atoms with Gasteiger partial charge in [0.15, 0.2) is 6.61 Å². The van der Waals surface area contributed by atoms with Crippen LogP contribution in [0.1, 0.15) is 30.1 Å². The van der Waals surface area contributed by atoms with Crippen molar-refractivity contribution in [3.63, 3.8) is 0 Å². The Labute approximate surface area is 176 Å². The van der Waals surface area contributed by atoms with Crippen LogP contribution in [0.5, 0.6) is 0 Å². The van der Waals surface area contributed by atoms with Gasteiger partial charge >= 0.3 is 12.1 Å². The topological polar surface area (TPSA) is 84.9 Å². The lowest BCUT2D eigenvalue weighted by molar-refractivity contribution is -0.125. The monoisotopic (exact) mass is 410 g/mol. The number of hydrogen-bond acceptors (Lipinski definition) is 5. The number of rotatable bonds is 6. The summed E-state index contributed by atoms with van der Waals surface area (Å²) >= 11 is 0. The maximum atomic E-state index is 12.2. The molecule has 2 aromatic rings. The van der Waals surface area contributed by atoms with Crippen LogP contribution in [0.15, 0.2) is 54.6 Å². The first-order valence-electron chi connectivity index (χ1n) is 10.1. The van der Waals surface area contributed by atoms with E-state index in [4.69, 9.17) is 9.47 Å². The Kier molecular flexibility index (Phi) is 7.43. The van der Waals surface area contributed by atoms with E-state index < -0.39 is 5.97 Å². The maximum absolute atomic E-state index is 12.2. The number of ether oxygens (including phenoxy) is 2. The van der Waals surface area contributed by atoms with Crippen LogP contribution >= 0.6 is 0 Å². The highest BCUT2D eigenvalue weighted by molar-refractivity contribution is 5.91. The van der Waals surface area contributed by atoms with Crippen LogP contribution in [0.4, 0.5) is 4.79 Å². The summed E-state index contributed by atoms with van der Waals surface area (Å²) in [6.45, 7) is 2.83. The van der Waals surface area contributed by atoms with Crippen LogP contribution in [-0.2, 0) is 14.3 Å². The summed E-state index contributed by atoms with van der Waals surface area (Å²) < 4.78 is 10.1. The normalized spacial score (nSPS) is 14.1. The summed E-state index contributed by atoms with van der Waals surface area (Å²) in [4.78, 5) is 37.6. The molecule has 1 heterocycles. The molecule has 0 unspecified atom stereocenters. The smallest absolute Gasteiger partial charge is 0.409 e. The fraction of sp³-hybridized carbons (Fsp3) is 0.348. The van der Waals surface area contributed by atoms with Gasteiger partial charge in [-0.25, -0.2) is 9.59 Å². The van der Waals surface area contributed by atoms with E-state index in [2.05, 4.69) is 5.32 Å². The lowest BCUT2D eigenvalue weighted by Crippen LogP contribution is -2.47. The minimum atomic E-state index is -0.540. The van der Waals surface area contributed by atoms with Crippen LogP contribution in [0.2, 0.25) is 0 Å². The Bertz CT molecular complexity index is 859. The molecule has 0 bridgehead atoms. The second kappa shape index (κ2) is 10.4. The molecule has 2 aromatic carbocycles. The first kappa shape index (κ1) is 21.4. The van der Waals surface area contributed by atoms with Crippen molar-refractivity contribution >= 4 is 18.0 Å². The molecule has 1 aliphatic rings. The highest BCUT2D eigenvalue weighted by Crippen LogP contribution is 2.19. The van der Waals surface area contributed by atoms with Gasteiger partial charge in [0.05, 0.1) is 12.2 Å². The average molecular weight is 410 g/mol. The molecule has 1 fully saturated rings. The van der Waals surface area contributed by atoms with E-state index >= 15 is 0 Å². The highest BCUT2D eigenvalue weighted by atomic mass is 16.6. The Morgan fingerprint density at radius 3 is 2.20 bits per heavy atom. The van der Waals surface area contributed by atoms with Gasteiger partial charge in [-0.1, -0.05) is 42.5 Å². The Hall–Kier alpha value is -3.35. The quantitative estimate of drug-likeness (QED) is 0.739. The fourth-order valence-corrected chi connectivity index (χ4v) is 3.33. The summed E-state index contributed by atoms with van der Waals surface area (Å²) in [6.07, 6.45) is 0.952. The van der Waals surface area contributed by atoms with E-state index in [1.165, 1.54) is 0 Å². The summed E-state index contributed by atoms with van der Waals surface area (Å²) in [6, 6.07) is 16.9. The van der Waals surface area contributed by atoms with Gasteiger partial charge in [-0.05, 0) is 43.0 Å². The largest absolute Gasteiger partial charge is 0.452 e. The zero-order chi connectivity index (χ0) is 21.3. The lowest BCUT2D eigenvalue weighted by atomic mass is 10.0. The van der Waals surface area contributed by atoms with Crippen molar-refractivity contribution in [2.75, 3.05) is 26.3 Å². The van der Waals surface area contributed by atoms with E-state index in [1.54, 1.807) is 24.0 Å². The number of benzene rings is 2. The molecule has 7 heteroatoms. The van der Waals surface area contributed by atoms with Gasteiger partial charge < -0.3 is 19.7 Å². The molecule has 0 atom stereocenters. The molecular formula is C23H26N2O5. The SMILES string of the molecule is CCOC(=O)N1CCC(NC(=O)COC(=O)c2ccc(-c3ccccc3)cc2)CC1. The molecule has 30 heavy (non-hydrogen) atoms. The third-order valence-corrected chi connectivity index (χ3v) is 4.95. The number of esters is 1. The molecule has 0 radical (unpaired) electrons. The standard InChI is InChI=1S/C23H26N2O5/c1-2-29-23(28)25-14-12-20(13-15-25)24-21(26)16-30-22(27)19-10-8-18(9-11-19)17-6-4-3-5-7-17/h3-11,20H,2,12-16H2,1H3,(H,24,26). The Balaban J connectivity index is 1.42. The van der Waals surface area contributed by atoms with E-state index in [0.717, 1.165) is 11.1 Å². The maximum Gasteiger partial charge on any atom is 0.409 e. The molecule has 1 N–H and O–H groups in total. The zero-order valence-electron chi connectivity index (χ0n) is 17.0. The second-order valence-corrected chi connectivity index (χ2v) is 7.05. The number of piperidine rings is 1. The van der Waals surface area contributed by atoms with Crippen molar-refractivity contribution in [3.05, 3.63) is 60.2 Å². The number of hydrogen-bond donors (Lipinski definition) is 1. The molecule has 0 aliphatic carbocycles. The van der Waals surface area contributed by atoms with Crippen LogP contribution in [0.3, 0.4) is 0 Å². The minimum absolute atomic E-state index is 0.0490. The first-order valence-corrected chi connectivity index (χ1v) is 10.1. The molecule has 0 saturated carbocycles. The number of carbonyl (C=O) groups excluding carboxylic acids is 3. The highest BCUT2D eigenvalue weighted by Gasteiger charge is 2.24. The van der Waals surface area contributed by atoms with Crippen LogP contribution < -0.4 is 5.32 Å². The first-order chi connectivity index (χ1) is 14.6. The van der Waals surface area contributed by atoms with Crippen LogP contribution in [0.25, 0.3) is 11.1 Å². The van der Waals surface area contributed by atoms with Gasteiger partial charge in [-0.2, -0.15) is 0 Å². The van der Waals surface area contributed by atoms with Crippen LogP contribution in [0, 0.1) is 0 Å². The molecule has 2 amide bonds. The van der Waals surface area contributed by atoms with Crippen LogP contribution in [-0.4, -0.2) is 55.2 Å². The van der Waals surface area contributed by atoms with Gasteiger partial charge in [0.25, 0.3) is 5.91 Å². The van der Waals surface area contributed by atoms with E-state index in [0.29, 0.717) is 38.1 Å². The summed E-state index contributed by atoms with van der Waals surface area (Å²) in [5, 5.41) is 2.85. The van der Waals surface area contributed by atoms with Gasteiger partial charge in [0.2, 0.25) is 0 Å². The number of nitrogens with zero attached hydrogens (tertiary/aromatic N) is 1. The minimum Gasteiger partial charge on any atom is -0.452 e. The molecule has 0 spiro atoms. The van der Waals surface area contributed by atoms with Crippen molar-refractivity contribution in [2.45, 2.75) is 25.8 Å². The number of amides is 2. The molecular weight excluding hydrogens is 384 g/mol. The van der Waals surface area contributed by atoms with Crippen molar-refractivity contribution in [1.82, 2.24) is 10.2 Å². The summed E-state index contributed by atoms with van der Waals surface area (Å²) in [7, 11) is 0. The number of nitrogens with one attached hydrogen (secondary N) is 1. The Morgan fingerprint density at radius 2 is 1.57 bits per heavy atom. The third-order valence-electron chi connectivity index (χ3n) is 4.95. The van der Waals surface area contributed by atoms with Gasteiger partial charge in [0, 0.05) is 19.1 Å². The molecule has 158 valence electrons. The average Bonchev–Trinajstić information content (AvgIpc) is 2.79. The predicted octanol–water partition coefficient (Wildman–Crippen LogP) is 3.25. The summed E-state index contributed by atoms with van der Waals surface area (Å²) in [5.41, 5.74) is 2.45. The second-order valence-electron chi connectivity index (χ2n) is 7.05. The van der Waals surface area contributed by atoms with Crippen molar-refractivity contribution in [2.24, 2.45) is 0 Å². The van der Waals surface area contributed by atoms with E-state index in [9.17, 15) is 14.4 Å². The number of carbonyl (C=O) groups is 3. The van der Waals surface area contributed by atoms with Crippen molar-refractivity contribution in [3.8, 4) is 11.1 Å². The summed E-state index contributed by atoms with van der Waals surface area (Å²) in [5.74, 6) is -0.888. The van der Waals surface area contributed by atoms with E-state index in [1.807, 2.05) is 42.5 Å². The zero-order valence-corrected chi connectivity index (χ0v) is 17.0. The van der Waals surface area contributed by atoms with Gasteiger partial charge in [-0.15, -0.1) is 0 Å². The lowest BCUT2D eigenvalue weighted by Gasteiger charge is -2.31. The molecule has 1 aliphatic heterocycles. The molecule has 7 nitrogen and oxygen atoms in total. The van der Waals surface area contributed by atoms with Gasteiger partial charge in [-0.3, -0.25) is 4.79 Å². The predicted molar refractivity (Wildman–Crippen MR) is 112 cm³/mol.